The van der Waals surface area contributed by atoms with E-state index in [2.05, 4.69) is 25.9 Å². The summed E-state index contributed by atoms with van der Waals surface area (Å²) in [6.07, 6.45) is 4.35. The number of hydrogen-bond donors (Lipinski definition) is 1. The predicted octanol–water partition coefficient (Wildman–Crippen LogP) is 1.39. The SMILES string of the molecule is C#CN=NOCC(COCCN=N)ON=NC. The summed E-state index contributed by atoms with van der Waals surface area (Å²) in [6.45, 7) is 0.889. The molecule has 0 spiro atoms. The molecule has 0 aromatic carbocycles. The van der Waals surface area contributed by atoms with Gasteiger partial charge in [-0.15, -0.1) is 0 Å². The highest BCUT2D eigenvalue weighted by atomic mass is 16.7. The summed E-state index contributed by atoms with van der Waals surface area (Å²) in [7, 11) is 1.47. The number of hydrogen-bond acceptors (Lipinski definition) is 9. The molecule has 17 heavy (non-hydrogen) atoms. The molecule has 0 bridgehead atoms. The highest BCUT2D eigenvalue weighted by molar-refractivity contribution is 4.76. The molecule has 0 rings (SSSR count). The molecule has 0 aliphatic rings. The highest BCUT2D eigenvalue weighted by Crippen LogP contribution is 1.97. The molecule has 0 amide bonds. The fourth-order valence-electron chi connectivity index (χ4n) is 0.717. The van der Waals surface area contributed by atoms with Crippen LogP contribution in [0.5, 0.6) is 0 Å². The minimum atomic E-state index is -0.485. The first-order valence-corrected chi connectivity index (χ1v) is 4.68. The Hall–Kier alpha value is -2.08. The van der Waals surface area contributed by atoms with Crippen molar-refractivity contribution in [3.63, 3.8) is 0 Å². The van der Waals surface area contributed by atoms with E-state index in [4.69, 9.17) is 26.4 Å². The van der Waals surface area contributed by atoms with Crippen LogP contribution in [0.2, 0.25) is 0 Å². The minimum Gasteiger partial charge on any atom is -0.375 e. The second-order valence-corrected chi connectivity index (χ2v) is 2.57. The molecule has 0 aromatic rings. The highest BCUT2D eigenvalue weighted by Gasteiger charge is 2.11. The van der Waals surface area contributed by atoms with Gasteiger partial charge in [0.2, 0.25) is 0 Å². The Kier molecular flexibility index (Phi) is 10.5. The van der Waals surface area contributed by atoms with Crippen LogP contribution in [0.1, 0.15) is 0 Å². The smallest absolute Gasteiger partial charge is 0.188 e. The van der Waals surface area contributed by atoms with Gasteiger partial charge >= 0.3 is 0 Å². The van der Waals surface area contributed by atoms with Gasteiger partial charge in [-0.05, 0) is 0 Å². The Morgan fingerprint density at radius 2 is 2.18 bits per heavy atom. The van der Waals surface area contributed by atoms with Crippen molar-refractivity contribution in [3.05, 3.63) is 0 Å². The maximum absolute atomic E-state index is 6.57. The van der Waals surface area contributed by atoms with E-state index < -0.39 is 6.10 Å². The van der Waals surface area contributed by atoms with Crippen molar-refractivity contribution in [1.82, 2.24) is 0 Å². The lowest BCUT2D eigenvalue weighted by molar-refractivity contribution is -0.0666. The van der Waals surface area contributed by atoms with Gasteiger partial charge in [0.1, 0.15) is 0 Å². The van der Waals surface area contributed by atoms with Crippen molar-refractivity contribution >= 4 is 0 Å². The van der Waals surface area contributed by atoms with Crippen molar-refractivity contribution in [1.29, 1.82) is 5.53 Å². The molecule has 0 radical (unpaired) electrons. The average Bonchev–Trinajstić information content (AvgIpc) is 2.35. The summed E-state index contributed by atoms with van der Waals surface area (Å²) in [5, 5.41) is 16.3. The molecule has 0 aromatic heterocycles. The number of terminal acetylenes is 1. The fourth-order valence-corrected chi connectivity index (χ4v) is 0.717. The van der Waals surface area contributed by atoms with E-state index >= 15 is 0 Å². The van der Waals surface area contributed by atoms with Gasteiger partial charge in [-0.2, -0.15) is 10.2 Å². The first kappa shape index (κ1) is 14.9. The fraction of sp³-hybridized carbons (Fsp3) is 0.750. The zero-order chi connectivity index (χ0) is 12.8. The Balaban J connectivity index is 3.83. The molecule has 1 unspecified atom stereocenters. The molecule has 0 aliphatic heterocycles. The van der Waals surface area contributed by atoms with Crippen LogP contribution in [0.25, 0.3) is 0 Å². The van der Waals surface area contributed by atoms with E-state index in [9.17, 15) is 0 Å². The maximum Gasteiger partial charge on any atom is 0.188 e. The largest absolute Gasteiger partial charge is 0.375 e. The van der Waals surface area contributed by atoms with Crippen molar-refractivity contribution in [2.75, 3.05) is 33.4 Å². The summed E-state index contributed by atoms with van der Waals surface area (Å²) in [5.41, 5.74) is 6.57. The first-order chi connectivity index (χ1) is 8.35. The second-order valence-electron chi connectivity index (χ2n) is 2.57. The Bertz CT molecular complexity index is 287. The van der Waals surface area contributed by atoms with Gasteiger partial charge in [0.25, 0.3) is 0 Å². The van der Waals surface area contributed by atoms with Gasteiger partial charge in [-0.25, -0.2) is 5.53 Å². The van der Waals surface area contributed by atoms with Gasteiger partial charge < -0.3 is 14.4 Å². The van der Waals surface area contributed by atoms with Crippen LogP contribution in [-0.4, -0.2) is 39.5 Å². The quantitative estimate of drug-likeness (QED) is 0.270. The third-order valence-electron chi connectivity index (χ3n) is 1.35. The van der Waals surface area contributed by atoms with E-state index in [0.717, 1.165) is 0 Å². The summed E-state index contributed by atoms with van der Waals surface area (Å²) in [4.78, 5) is 9.67. The summed E-state index contributed by atoms with van der Waals surface area (Å²) in [5.74, 6) is 0. The molecule has 0 saturated carbocycles. The molecule has 0 saturated heterocycles. The normalized spacial score (nSPS) is 12.5. The van der Waals surface area contributed by atoms with Crippen molar-refractivity contribution < 1.29 is 14.4 Å². The number of ether oxygens (including phenoxy) is 1. The molecular formula is C8H14N6O3. The monoisotopic (exact) mass is 242 g/mol. The van der Waals surface area contributed by atoms with E-state index in [0.29, 0.717) is 13.2 Å². The standard InChI is InChI=1S/C8H14N6O3/c1-3-12-14-16-7-8(17-13-10-2)6-15-5-4-11-9/h1,8-9H,4-7H2,2H3. The van der Waals surface area contributed by atoms with Crippen molar-refractivity contribution in [3.8, 4) is 12.5 Å². The van der Waals surface area contributed by atoms with Crippen LogP contribution in [0.15, 0.2) is 25.9 Å². The third kappa shape index (κ3) is 10.2. The second kappa shape index (κ2) is 12.0. The lowest BCUT2D eigenvalue weighted by Gasteiger charge is -2.12. The molecule has 0 fully saturated rings. The van der Waals surface area contributed by atoms with Crippen LogP contribution in [0.4, 0.5) is 0 Å². The van der Waals surface area contributed by atoms with Crippen LogP contribution in [-0.2, 0) is 14.4 Å². The zero-order valence-corrected chi connectivity index (χ0v) is 9.44. The molecule has 9 nitrogen and oxygen atoms in total. The Morgan fingerprint density at radius 3 is 2.82 bits per heavy atom. The molecule has 9 heteroatoms. The minimum absolute atomic E-state index is 0.0716. The molecular weight excluding hydrogens is 228 g/mol. The Morgan fingerprint density at radius 1 is 1.35 bits per heavy atom. The van der Waals surface area contributed by atoms with Gasteiger partial charge in [0, 0.05) is 10.6 Å². The van der Waals surface area contributed by atoms with Gasteiger partial charge in [0.15, 0.2) is 12.7 Å². The van der Waals surface area contributed by atoms with E-state index in [1.165, 1.54) is 7.05 Å². The molecule has 0 aliphatic carbocycles. The average molecular weight is 242 g/mol. The van der Waals surface area contributed by atoms with E-state index in [1.807, 2.05) is 6.04 Å². The van der Waals surface area contributed by atoms with Gasteiger partial charge in [0.05, 0.1) is 32.9 Å². The van der Waals surface area contributed by atoms with Crippen molar-refractivity contribution in [2.45, 2.75) is 6.10 Å². The summed E-state index contributed by atoms with van der Waals surface area (Å²) < 4.78 is 5.16. The van der Waals surface area contributed by atoms with Crippen molar-refractivity contribution in [2.24, 2.45) is 25.9 Å². The number of rotatable bonds is 10. The van der Waals surface area contributed by atoms with Gasteiger partial charge in [-0.1, -0.05) is 11.5 Å². The predicted molar refractivity (Wildman–Crippen MR) is 56.1 cm³/mol. The van der Waals surface area contributed by atoms with Crippen LogP contribution in [0, 0.1) is 18.0 Å². The summed E-state index contributed by atoms with van der Waals surface area (Å²) >= 11 is 0. The molecule has 94 valence electrons. The molecule has 0 heterocycles. The zero-order valence-electron chi connectivity index (χ0n) is 9.44. The van der Waals surface area contributed by atoms with Crippen LogP contribution < -0.4 is 0 Å². The number of nitrogens with one attached hydrogen (secondary N) is 1. The van der Waals surface area contributed by atoms with E-state index in [1.54, 1.807) is 0 Å². The lowest BCUT2D eigenvalue weighted by atomic mass is 10.4. The third-order valence-corrected chi connectivity index (χ3v) is 1.35. The molecule has 1 atom stereocenters. The van der Waals surface area contributed by atoms with Crippen LogP contribution in [0.3, 0.4) is 0 Å². The maximum atomic E-state index is 6.57. The first-order valence-electron chi connectivity index (χ1n) is 4.68. The Labute approximate surface area is 98.7 Å². The topological polar surface area (TPSA) is 113 Å². The lowest BCUT2D eigenvalue weighted by Crippen LogP contribution is -2.23. The van der Waals surface area contributed by atoms with Crippen LogP contribution >= 0.6 is 0 Å². The summed E-state index contributed by atoms with van der Waals surface area (Å²) in [6, 6.07) is 1.93. The van der Waals surface area contributed by atoms with Gasteiger partial charge in [-0.3, -0.25) is 0 Å². The van der Waals surface area contributed by atoms with E-state index in [-0.39, 0.29) is 13.2 Å². The molecule has 1 N–H and O–H groups in total. The number of nitrogens with zero attached hydrogens (tertiary/aromatic N) is 5.